The molecule has 1 nitrogen and oxygen atoms in total. The lowest BCUT2D eigenvalue weighted by Gasteiger charge is -2.34. The van der Waals surface area contributed by atoms with Crippen molar-refractivity contribution in [3.05, 3.63) is 11.6 Å². The van der Waals surface area contributed by atoms with E-state index >= 15 is 0 Å². The Kier molecular flexibility index (Phi) is 2.12. The highest BCUT2D eigenvalue weighted by Gasteiger charge is 2.80. The van der Waals surface area contributed by atoms with E-state index in [2.05, 4.69) is 19.9 Å². The number of aliphatic hydroxyl groups is 1. The number of allylic oxidation sites excluding steroid dienone is 1. The molecular formula is C15H24O. The summed E-state index contributed by atoms with van der Waals surface area (Å²) in [6.45, 7) is 7.33. The van der Waals surface area contributed by atoms with Gasteiger partial charge in [0.25, 0.3) is 0 Å². The molecule has 0 aromatic carbocycles. The first-order valence-electron chi connectivity index (χ1n) is 6.80. The van der Waals surface area contributed by atoms with Crippen LogP contribution >= 0.6 is 0 Å². The third kappa shape index (κ3) is 1.06. The summed E-state index contributed by atoms with van der Waals surface area (Å²) in [4.78, 5) is 0. The SMILES string of the molecule is CC(=CCC[C@]1(C)C2CC3[C@H](C2)C31C)CO. The van der Waals surface area contributed by atoms with Crippen LogP contribution in [0.25, 0.3) is 0 Å². The van der Waals surface area contributed by atoms with Crippen LogP contribution in [0.15, 0.2) is 11.6 Å². The predicted octanol–water partition coefficient (Wildman–Crippen LogP) is 3.39. The van der Waals surface area contributed by atoms with Crippen molar-refractivity contribution < 1.29 is 5.11 Å². The van der Waals surface area contributed by atoms with E-state index in [1.165, 1.54) is 19.3 Å². The fourth-order valence-electron chi connectivity index (χ4n) is 5.19. The lowest BCUT2D eigenvalue weighted by atomic mass is 9.71. The molecule has 4 saturated carbocycles. The molecule has 5 atom stereocenters. The third-order valence-electron chi connectivity index (χ3n) is 6.53. The average Bonchev–Trinajstić information content (AvgIpc) is 2.62. The quantitative estimate of drug-likeness (QED) is 0.720. The number of hydrogen-bond donors (Lipinski definition) is 1. The van der Waals surface area contributed by atoms with Gasteiger partial charge in [-0.05, 0) is 61.2 Å². The minimum absolute atomic E-state index is 0.225. The van der Waals surface area contributed by atoms with Crippen LogP contribution < -0.4 is 0 Å². The van der Waals surface area contributed by atoms with Gasteiger partial charge in [-0.3, -0.25) is 0 Å². The van der Waals surface area contributed by atoms with E-state index in [9.17, 15) is 0 Å². The van der Waals surface area contributed by atoms with Gasteiger partial charge >= 0.3 is 0 Å². The molecular weight excluding hydrogens is 196 g/mol. The van der Waals surface area contributed by atoms with Crippen LogP contribution in [-0.2, 0) is 0 Å². The Morgan fingerprint density at radius 3 is 2.38 bits per heavy atom. The molecule has 0 radical (unpaired) electrons. The van der Waals surface area contributed by atoms with E-state index in [4.69, 9.17) is 5.11 Å². The van der Waals surface area contributed by atoms with Crippen LogP contribution in [0, 0.1) is 28.6 Å². The fraction of sp³-hybridized carbons (Fsp3) is 0.867. The molecule has 3 unspecified atom stereocenters. The van der Waals surface area contributed by atoms with Gasteiger partial charge in [0, 0.05) is 0 Å². The molecule has 4 aliphatic carbocycles. The number of rotatable bonds is 4. The third-order valence-corrected chi connectivity index (χ3v) is 6.53. The van der Waals surface area contributed by atoms with Crippen LogP contribution in [0.1, 0.15) is 46.5 Å². The van der Waals surface area contributed by atoms with Gasteiger partial charge in [-0.25, -0.2) is 0 Å². The zero-order valence-electron chi connectivity index (χ0n) is 10.8. The molecule has 1 N–H and O–H groups in total. The number of hydrogen-bond acceptors (Lipinski definition) is 1. The second-order valence-corrected chi connectivity index (χ2v) is 6.83. The lowest BCUT2D eigenvalue weighted by Crippen LogP contribution is -2.26. The largest absolute Gasteiger partial charge is 0.392 e. The molecule has 0 aromatic rings. The highest BCUT2D eigenvalue weighted by molar-refractivity contribution is 5.29. The first kappa shape index (κ1) is 10.8. The highest BCUT2D eigenvalue weighted by atomic mass is 16.3. The number of aliphatic hydroxyl groups excluding tert-OH is 1. The van der Waals surface area contributed by atoms with E-state index in [-0.39, 0.29) is 6.61 Å². The maximum absolute atomic E-state index is 8.99. The molecule has 0 saturated heterocycles. The monoisotopic (exact) mass is 220 g/mol. The van der Waals surface area contributed by atoms with Crippen LogP contribution in [0.3, 0.4) is 0 Å². The van der Waals surface area contributed by atoms with Crippen LogP contribution in [0.2, 0.25) is 0 Å². The Hall–Kier alpha value is -0.300. The topological polar surface area (TPSA) is 20.2 Å². The van der Waals surface area contributed by atoms with Crippen molar-refractivity contribution in [1.82, 2.24) is 0 Å². The molecule has 0 aromatic heterocycles. The Morgan fingerprint density at radius 2 is 1.94 bits per heavy atom. The van der Waals surface area contributed by atoms with Gasteiger partial charge in [0.15, 0.2) is 0 Å². The molecule has 0 amide bonds. The van der Waals surface area contributed by atoms with Crippen LogP contribution in [0.5, 0.6) is 0 Å². The van der Waals surface area contributed by atoms with Gasteiger partial charge in [-0.2, -0.15) is 0 Å². The standard InChI is InChI=1S/C15H24O/c1-10(9-16)5-4-6-14(2)11-7-12-13(8-11)15(12,14)3/h5,11-13,16H,4,6-9H2,1-3H3/t11?,12-,13?,14+,15?/m0/s1. The Bertz CT molecular complexity index is 331. The summed E-state index contributed by atoms with van der Waals surface area (Å²) in [5.74, 6) is 3.16. The van der Waals surface area contributed by atoms with Crippen molar-refractivity contribution in [2.75, 3.05) is 6.61 Å². The molecule has 16 heavy (non-hydrogen) atoms. The van der Waals surface area contributed by atoms with Gasteiger partial charge in [-0.1, -0.05) is 25.5 Å². The van der Waals surface area contributed by atoms with Gasteiger partial charge in [0.2, 0.25) is 0 Å². The predicted molar refractivity (Wildman–Crippen MR) is 66.0 cm³/mol. The van der Waals surface area contributed by atoms with E-state index in [0.29, 0.717) is 10.8 Å². The van der Waals surface area contributed by atoms with E-state index in [1.54, 1.807) is 0 Å². The lowest BCUT2D eigenvalue weighted by molar-refractivity contribution is 0.154. The summed E-state index contributed by atoms with van der Waals surface area (Å²) in [5.41, 5.74) is 2.43. The van der Waals surface area contributed by atoms with E-state index < -0.39 is 0 Å². The average molecular weight is 220 g/mol. The van der Waals surface area contributed by atoms with Crippen molar-refractivity contribution in [3.63, 3.8) is 0 Å². The van der Waals surface area contributed by atoms with Crippen molar-refractivity contribution >= 4 is 0 Å². The van der Waals surface area contributed by atoms with E-state index in [0.717, 1.165) is 29.7 Å². The Morgan fingerprint density at radius 1 is 1.31 bits per heavy atom. The second-order valence-electron chi connectivity index (χ2n) is 6.83. The Balaban J connectivity index is 1.68. The summed E-state index contributed by atoms with van der Waals surface area (Å²) < 4.78 is 0. The van der Waals surface area contributed by atoms with Gasteiger partial charge in [0.05, 0.1) is 6.61 Å². The summed E-state index contributed by atoms with van der Waals surface area (Å²) in [6, 6.07) is 0. The maximum Gasteiger partial charge on any atom is 0.0639 e. The normalized spacial score (nSPS) is 53.5. The van der Waals surface area contributed by atoms with Gasteiger partial charge in [-0.15, -0.1) is 0 Å². The first-order valence-corrected chi connectivity index (χ1v) is 6.80. The van der Waals surface area contributed by atoms with E-state index in [1.807, 2.05) is 6.92 Å². The first-order chi connectivity index (χ1) is 7.54. The highest BCUT2D eigenvalue weighted by Crippen LogP contribution is 2.87. The molecule has 4 rings (SSSR count). The minimum atomic E-state index is 0.225. The summed E-state index contributed by atoms with van der Waals surface area (Å²) in [7, 11) is 0. The molecule has 4 aliphatic rings. The zero-order chi connectivity index (χ0) is 11.6. The van der Waals surface area contributed by atoms with Crippen molar-refractivity contribution in [2.45, 2.75) is 46.5 Å². The van der Waals surface area contributed by atoms with Crippen molar-refractivity contribution in [3.8, 4) is 0 Å². The summed E-state index contributed by atoms with van der Waals surface area (Å²) in [6.07, 6.45) is 7.76. The molecule has 1 heteroatoms. The maximum atomic E-state index is 8.99. The zero-order valence-corrected chi connectivity index (χ0v) is 10.8. The molecule has 90 valence electrons. The smallest absolute Gasteiger partial charge is 0.0639 e. The summed E-state index contributed by atoms with van der Waals surface area (Å²) in [5, 5.41) is 8.99. The van der Waals surface area contributed by atoms with Crippen molar-refractivity contribution in [2.24, 2.45) is 28.6 Å². The summed E-state index contributed by atoms with van der Waals surface area (Å²) >= 11 is 0. The molecule has 4 fully saturated rings. The molecule has 0 heterocycles. The Labute approximate surface area is 98.9 Å². The van der Waals surface area contributed by atoms with Gasteiger partial charge < -0.3 is 5.11 Å². The minimum Gasteiger partial charge on any atom is -0.392 e. The fourth-order valence-corrected chi connectivity index (χ4v) is 5.19. The molecule has 0 spiro atoms. The van der Waals surface area contributed by atoms with Crippen LogP contribution in [-0.4, -0.2) is 11.7 Å². The van der Waals surface area contributed by atoms with Gasteiger partial charge in [0.1, 0.15) is 0 Å². The molecule has 4 bridgehead atoms. The molecule has 0 aliphatic heterocycles. The van der Waals surface area contributed by atoms with Crippen molar-refractivity contribution in [1.29, 1.82) is 0 Å². The van der Waals surface area contributed by atoms with Crippen LogP contribution in [0.4, 0.5) is 0 Å². The second kappa shape index (κ2) is 3.13.